The summed E-state index contributed by atoms with van der Waals surface area (Å²) in [6.45, 7) is 0.315. The van der Waals surface area contributed by atoms with Crippen LogP contribution in [0.1, 0.15) is 12.8 Å². The van der Waals surface area contributed by atoms with Crippen molar-refractivity contribution in [1.82, 2.24) is 10.2 Å². The van der Waals surface area contributed by atoms with E-state index in [9.17, 15) is 4.79 Å². The van der Waals surface area contributed by atoms with Crippen LogP contribution in [-0.2, 0) is 9.53 Å². The van der Waals surface area contributed by atoms with Crippen LogP contribution in [0.15, 0.2) is 23.0 Å². The number of likely N-dealkylation sites (N-methyl/N-ethyl adjacent to an activating group) is 1. The Morgan fingerprint density at radius 2 is 2.17 bits per heavy atom. The predicted molar refractivity (Wildman–Crippen MR) is 71.7 cm³/mol. The summed E-state index contributed by atoms with van der Waals surface area (Å²) in [6.07, 6.45) is 3.05. The largest absolute Gasteiger partial charge is 0.389 e. The molecule has 0 aromatic carbocycles. The van der Waals surface area contributed by atoms with Gasteiger partial charge in [-0.15, -0.1) is 0 Å². The summed E-state index contributed by atoms with van der Waals surface area (Å²) >= 11 is 0. The van der Waals surface area contributed by atoms with Crippen LogP contribution in [-0.4, -0.2) is 51.3 Å². The first-order chi connectivity index (χ1) is 8.51. The average Bonchev–Trinajstić information content (AvgIpc) is 2.31. The van der Waals surface area contributed by atoms with Crippen molar-refractivity contribution in [2.75, 3.05) is 34.9 Å². The molecule has 0 amide bonds. The molecule has 100 valence electrons. The molecular formula is C13H21N3O2. The van der Waals surface area contributed by atoms with E-state index in [4.69, 9.17) is 10.1 Å². The molecule has 1 saturated carbocycles. The molecule has 0 radical (unpaired) electrons. The predicted octanol–water partition coefficient (Wildman–Crippen LogP) is 0.934. The zero-order valence-electron chi connectivity index (χ0n) is 11.5. The highest BCUT2D eigenvalue weighted by molar-refractivity contribution is 6.29. The number of nitrogens with zero attached hydrogens (tertiary/aromatic N) is 1. The number of Topliss-reactive ketones (excluding diaryl/α,β-unsaturated/α-hetero) is 1. The summed E-state index contributed by atoms with van der Waals surface area (Å²) in [5.41, 5.74) is 2.27. The quantitative estimate of drug-likeness (QED) is 0.730. The van der Waals surface area contributed by atoms with Gasteiger partial charge in [-0.25, -0.2) is 0 Å². The fourth-order valence-electron chi connectivity index (χ4n) is 1.96. The van der Waals surface area contributed by atoms with Crippen LogP contribution in [0.2, 0.25) is 0 Å². The van der Waals surface area contributed by atoms with Gasteiger partial charge in [0.25, 0.3) is 0 Å². The first-order valence-electron chi connectivity index (χ1n) is 5.90. The molecule has 0 aromatic heterocycles. The van der Waals surface area contributed by atoms with Gasteiger partial charge in [0.05, 0.1) is 12.2 Å². The van der Waals surface area contributed by atoms with E-state index in [-0.39, 0.29) is 5.78 Å². The topological polar surface area (TPSA) is 65.4 Å². The van der Waals surface area contributed by atoms with E-state index >= 15 is 0 Å². The van der Waals surface area contributed by atoms with E-state index in [2.05, 4.69) is 5.32 Å². The number of carbonyl (C=O) groups is 1. The maximum absolute atomic E-state index is 12.4. The molecule has 1 aliphatic carbocycles. The Kier molecular flexibility index (Phi) is 5.09. The average molecular weight is 251 g/mol. The Balaban J connectivity index is 3.15. The highest BCUT2D eigenvalue weighted by Crippen LogP contribution is 2.24. The van der Waals surface area contributed by atoms with Gasteiger partial charge in [0, 0.05) is 51.4 Å². The maximum atomic E-state index is 12.4. The van der Waals surface area contributed by atoms with Gasteiger partial charge in [-0.2, -0.15) is 0 Å². The summed E-state index contributed by atoms with van der Waals surface area (Å²) in [5, 5.41) is 10.9. The minimum Gasteiger partial charge on any atom is -0.389 e. The zero-order valence-corrected chi connectivity index (χ0v) is 11.5. The number of ketones is 1. The lowest BCUT2D eigenvalue weighted by atomic mass is 9.86. The summed E-state index contributed by atoms with van der Waals surface area (Å²) in [7, 11) is 7.09. The Labute approximate surface area is 108 Å². The number of hydrogen-bond acceptors (Lipinski definition) is 5. The van der Waals surface area contributed by atoms with Crippen molar-refractivity contribution in [2.24, 2.45) is 0 Å². The fourth-order valence-corrected chi connectivity index (χ4v) is 1.96. The van der Waals surface area contributed by atoms with Gasteiger partial charge in [0.1, 0.15) is 0 Å². The first kappa shape index (κ1) is 14.4. The molecule has 1 fully saturated rings. The van der Waals surface area contributed by atoms with Crippen molar-refractivity contribution >= 4 is 11.5 Å². The molecule has 0 spiro atoms. The molecule has 0 bridgehead atoms. The molecule has 5 nitrogen and oxygen atoms in total. The standard InChI is InChI=1S/C13H21N3O2/c1-15-11(8-18-4)12-10(14)6-5-9(13(12)17)7-16(2)3/h7,14-15H,5-6,8H2,1-4H3/b9-7+,12-11+,14-10?. The molecule has 0 aliphatic heterocycles. The fraction of sp³-hybridized carbons (Fsp3) is 0.538. The number of nitrogens with one attached hydrogen (secondary N) is 2. The van der Waals surface area contributed by atoms with Crippen molar-refractivity contribution in [2.45, 2.75) is 12.8 Å². The van der Waals surface area contributed by atoms with Gasteiger partial charge in [0.2, 0.25) is 0 Å². The van der Waals surface area contributed by atoms with E-state index in [0.29, 0.717) is 36.4 Å². The molecule has 0 atom stereocenters. The monoisotopic (exact) mass is 251 g/mol. The molecule has 1 rings (SSSR count). The van der Waals surface area contributed by atoms with Crippen molar-refractivity contribution in [1.29, 1.82) is 5.41 Å². The number of hydrogen-bond donors (Lipinski definition) is 2. The van der Waals surface area contributed by atoms with E-state index in [1.165, 1.54) is 0 Å². The highest BCUT2D eigenvalue weighted by Gasteiger charge is 2.27. The number of allylic oxidation sites excluding steroid dienone is 2. The molecule has 0 unspecified atom stereocenters. The minimum absolute atomic E-state index is 0.0682. The van der Waals surface area contributed by atoms with Crippen LogP contribution < -0.4 is 5.32 Å². The van der Waals surface area contributed by atoms with E-state index in [0.717, 1.165) is 5.57 Å². The summed E-state index contributed by atoms with van der Waals surface area (Å²) in [6, 6.07) is 0. The first-order valence-corrected chi connectivity index (χ1v) is 5.90. The van der Waals surface area contributed by atoms with Gasteiger partial charge in [0.15, 0.2) is 5.78 Å². The summed E-state index contributed by atoms with van der Waals surface area (Å²) in [4.78, 5) is 14.2. The second kappa shape index (κ2) is 6.35. The number of ether oxygens (including phenoxy) is 1. The molecule has 0 heterocycles. The minimum atomic E-state index is -0.0682. The normalized spacial score (nSPS) is 21.2. The van der Waals surface area contributed by atoms with Crippen molar-refractivity contribution in [3.8, 4) is 0 Å². The smallest absolute Gasteiger partial charge is 0.194 e. The number of methoxy groups -OCH3 is 1. The van der Waals surface area contributed by atoms with Crippen LogP contribution in [0.3, 0.4) is 0 Å². The Bertz CT molecular complexity index is 408. The van der Waals surface area contributed by atoms with Gasteiger partial charge in [-0.3, -0.25) is 4.79 Å². The highest BCUT2D eigenvalue weighted by atomic mass is 16.5. The summed E-state index contributed by atoms with van der Waals surface area (Å²) in [5.74, 6) is -0.0682. The third kappa shape index (κ3) is 3.20. The number of rotatable bonds is 4. The van der Waals surface area contributed by atoms with Crippen molar-refractivity contribution < 1.29 is 9.53 Å². The second-order valence-corrected chi connectivity index (χ2v) is 4.46. The SMILES string of the molecule is CN/C(COC)=C1\C(=N)CC/C(=C\N(C)C)C1=O. The second-order valence-electron chi connectivity index (χ2n) is 4.46. The molecule has 5 heteroatoms. The Morgan fingerprint density at radius 1 is 1.50 bits per heavy atom. The lowest BCUT2D eigenvalue weighted by molar-refractivity contribution is -0.112. The van der Waals surface area contributed by atoms with Gasteiger partial charge in [-0.1, -0.05) is 0 Å². The van der Waals surface area contributed by atoms with Crippen LogP contribution in [0.5, 0.6) is 0 Å². The maximum Gasteiger partial charge on any atom is 0.194 e. The van der Waals surface area contributed by atoms with E-state index in [1.807, 2.05) is 25.2 Å². The Morgan fingerprint density at radius 3 is 2.67 bits per heavy atom. The van der Waals surface area contributed by atoms with Crippen molar-refractivity contribution in [3.63, 3.8) is 0 Å². The van der Waals surface area contributed by atoms with E-state index < -0.39 is 0 Å². The zero-order chi connectivity index (χ0) is 13.7. The lowest BCUT2D eigenvalue weighted by Gasteiger charge is -2.22. The van der Waals surface area contributed by atoms with Gasteiger partial charge < -0.3 is 20.4 Å². The lowest BCUT2D eigenvalue weighted by Crippen LogP contribution is -2.28. The van der Waals surface area contributed by atoms with Crippen LogP contribution in [0.25, 0.3) is 0 Å². The van der Waals surface area contributed by atoms with Crippen LogP contribution in [0.4, 0.5) is 0 Å². The molecule has 0 saturated heterocycles. The Hall–Kier alpha value is -1.62. The third-order valence-corrected chi connectivity index (χ3v) is 2.77. The van der Waals surface area contributed by atoms with E-state index in [1.54, 1.807) is 14.2 Å². The molecule has 1 aliphatic rings. The van der Waals surface area contributed by atoms with Crippen LogP contribution >= 0.6 is 0 Å². The number of carbonyl (C=O) groups excluding carboxylic acids is 1. The van der Waals surface area contributed by atoms with Crippen LogP contribution in [0, 0.1) is 5.41 Å². The van der Waals surface area contributed by atoms with Gasteiger partial charge >= 0.3 is 0 Å². The molecule has 0 aromatic rings. The molecular weight excluding hydrogens is 230 g/mol. The molecule has 18 heavy (non-hydrogen) atoms. The van der Waals surface area contributed by atoms with Crippen molar-refractivity contribution in [3.05, 3.63) is 23.0 Å². The summed E-state index contributed by atoms with van der Waals surface area (Å²) < 4.78 is 5.06. The third-order valence-electron chi connectivity index (χ3n) is 2.77. The molecule has 2 N–H and O–H groups in total. The van der Waals surface area contributed by atoms with Gasteiger partial charge in [-0.05, 0) is 12.8 Å².